The maximum absolute atomic E-state index is 6.87. The molecule has 0 heterocycles. The van der Waals surface area contributed by atoms with E-state index >= 15 is 0 Å². The molecule has 0 fully saturated rings. The summed E-state index contributed by atoms with van der Waals surface area (Å²) in [7, 11) is 0. The molecule has 0 aliphatic heterocycles. The van der Waals surface area contributed by atoms with Gasteiger partial charge in [0.15, 0.2) is 0 Å². The number of rotatable bonds is 22. The molecule has 8 nitrogen and oxygen atoms in total. The number of alkyl halides is 2. The Kier molecular flexibility index (Phi) is 20.0. The molecule has 1 aliphatic carbocycles. The van der Waals surface area contributed by atoms with Crippen molar-refractivity contribution in [1.29, 1.82) is 0 Å². The van der Waals surface area contributed by atoms with Crippen molar-refractivity contribution in [3.05, 3.63) is 115 Å². The summed E-state index contributed by atoms with van der Waals surface area (Å²) in [4.78, 5) is 0. The Morgan fingerprint density at radius 3 is 0.766 bits per heavy atom. The van der Waals surface area contributed by atoms with Crippen LogP contribution >= 0.6 is 23.2 Å². The van der Waals surface area contributed by atoms with Crippen molar-refractivity contribution < 1.29 is 37.9 Å². The first-order chi connectivity index (χ1) is 30.7. The van der Waals surface area contributed by atoms with Crippen LogP contribution < -0.4 is 18.9 Å². The van der Waals surface area contributed by atoms with Crippen molar-refractivity contribution in [2.45, 2.75) is 118 Å². The lowest BCUT2D eigenvalue weighted by atomic mass is 9.81. The van der Waals surface area contributed by atoms with Gasteiger partial charge in [-0.05, 0) is 105 Å². The minimum absolute atomic E-state index is 0.166. The van der Waals surface area contributed by atoms with Gasteiger partial charge in [-0.25, -0.2) is 0 Å². The summed E-state index contributed by atoms with van der Waals surface area (Å²) in [6.45, 7) is 27.5. The molecule has 8 bridgehead atoms. The van der Waals surface area contributed by atoms with Gasteiger partial charge in [0.2, 0.25) is 0 Å². The monoisotopic (exact) mass is 920 g/mol. The standard InChI is InChI=1S/C54H74Cl2O8/c1-11-57-15-19-61-49-39-23-37(35-55)24-40(49)28-44-32-48(54(8,9)10)34-46(52(44)64-22-18-60-14-4)30-42-26-38(36-56)25-41(50(42)62-20-16-58-12-2)29-45-33-47(53(5,6)7)31-43(27-39)51(45)63-21-17-59-13-3/h23-26,31-34H,11-22,27-30,35-36H2,1-10H3. The summed E-state index contributed by atoms with van der Waals surface area (Å²) in [5.74, 6) is 4.02. The van der Waals surface area contributed by atoms with Crippen LogP contribution in [0.15, 0.2) is 48.5 Å². The SMILES string of the molecule is CCOCCOc1c2cc(CCl)cc1Cc1cc(C(C)(C)C)cc(c1OCCOCC)Cc1cc(CCl)cc(c1OCCOCC)Cc1cc(C(C)(C)C)cc(c1OCCOCC)C2. The van der Waals surface area contributed by atoms with Gasteiger partial charge in [-0.15, -0.1) is 23.2 Å². The Balaban J connectivity index is 1.91. The highest BCUT2D eigenvalue weighted by Gasteiger charge is 2.27. The number of fused-ring (bicyclic) bond motifs is 8. The molecule has 0 aromatic heterocycles. The summed E-state index contributed by atoms with van der Waals surface area (Å²) >= 11 is 13.6. The number of hydrogen-bond acceptors (Lipinski definition) is 8. The molecule has 0 N–H and O–H groups in total. The van der Waals surface area contributed by atoms with E-state index in [4.69, 9.17) is 61.1 Å². The van der Waals surface area contributed by atoms with E-state index in [-0.39, 0.29) is 10.8 Å². The molecule has 352 valence electrons. The molecule has 0 saturated heterocycles. The maximum atomic E-state index is 6.87. The molecule has 0 amide bonds. The first kappa shape index (κ1) is 51.5. The lowest BCUT2D eigenvalue weighted by molar-refractivity contribution is 0.108. The summed E-state index contributed by atoms with van der Waals surface area (Å²) in [6.07, 6.45) is 2.16. The Bertz CT molecular complexity index is 1860. The summed E-state index contributed by atoms with van der Waals surface area (Å²) < 4.78 is 50.7. The third kappa shape index (κ3) is 14.3. The van der Waals surface area contributed by atoms with Crippen LogP contribution in [0, 0.1) is 0 Å². The van der Waals surface area contributed by atoms with Gasteiger partial charge in [0.05, 0.1) is 26.4 Å². The topological polar surface area (TPSA) is 73.8 Å². The largest absolute Gasteiger partial charge is 0.491 e. The van der Waals surface area contributed by atoms with Crippen LogP contribution in [0.1, 0.15) is 136 Å². The van der Waals surface area contributed by atoms with Crippen molar-refractivity contribution in [1.82, 2.24) is 0 Å². The van der Waals surface area contributed by atoms with Gasteiger partial charge in [0, 0.05) is 63.9 Å². The Labute approximate surface area is 394 Å². The molecule has 5 rings (SSSR count). The second kappa shape index (κ2) is 24.9. The van der Waals surface area contributed by atoms with Crippen LogP contribution in [0.2, 0.25) is 0 Å². The van der Waals surface area contributed by atoms with Crippen molar-refractivity contribution in [3.8, 4) is 23.0 Å². The Morgan fingerprint density at radius 1 is 0.359 bits per heavy atom. The molecular formula is C54H74Cl2O8. The fraction of sp³-hybridized carbons (Fsp3) is 0.556. The zero-order valence-electron chi connectivity index (χ0n) is 40.4. The normalized spacial score (nSPS) is 12.9. The van der Waals surface area contributed by atoms with E-state index in [2.05, 4.69) is 90.1 Å². The third-order valence-corrected chi connectivity index (χ3v) is 12.0. The number of hydrogen-bond donors (Lipinski definition) is 0. The zero-order valence-corrected chi connectivity index (χ0v) is 41.9. The summed E-state index contributed by atoms with van der Waals surface area (Å²) in [5, 5.41) is 0. The van der Waals surface area contributed by atoms with Gasteiger partial charge in [-0.1, -0.05) is 90.1 Å². The van der Waals surface area contributed by atoms with Gasteiger partial charge in [-0.3, -0.25) is 0 Å². The molecule has 0 unspecified atom stereocenters. The van der Waals surface area contributed by atoms with E-state index in [0.717, 1.165) is 78.6 Å². The van der Waals surface area contributed by atoms with Crippen molar-refractivity contribution in [2.24, 2.45) is 0 Å². The molecule has 0 saturated carbocycles. The van der Waals surface area contributed by atoms with Gasteiger partial charge < -0.3 is 37.9 Å². The second-order valence-corrected chi connectivity index (χ2v) is 18.9. The molecule has 0 radical (unpaired) electrons. The van der Waals surface area contributed by atoms with Gasteiger partial charge in [0.1, 0.15) is 49.4 Å². The fourth-order valence-corrected chi connectivity index (χ4v) is 8.49. The number of benzene rings is 4. The molecule has 10 heteroatoms. The first-order valence-electron chi connectivity index (χ1n) is 23.3. The summed E-state index contributed by atoms with van der Waals surface area (Å²) in [5.41, 5.74) is 12.4. The second-order valence-electron chi connectivity index (χ2n) is 18.4. The lowest BCUT2D eigenvalue weighted by Gasteiger charge is -2.27. The average Bonchev–Trinajstić information content (AvgIpc) is 3.25. The van der Waals surface area contributed by atoms with Gasteiger partial charge >= 0.3 is 0 Å². The molecular weight excluding hydrogens is 847 g/mol. The maximum Gasteiger partial charge on any atom is 0.126 e. The quantitative estimate of drug-likeness (QED) is 0.0502. The Morgan fingerprint density at radius 2 is 0.578 bits per heavy atom. The Hall–Kier alpha value is -3.50. The smallest absolute Gasteiger partial charge is 0.126 e. The zero-order chi connectivity index (χ0) is 46.3. The van der Waals surface area contributed by atoms with E-state index in [1.165, 1.54) is 11.1 Å². The van der Waals surface area contributed by atoms with Crippen LogP contribution in [-0.2, 0) is 67.2 Å². The fourth-order valence-electron chi connectivity index (χ4n) is 8.18. The molecule has 4 aromatic rings. The van der Waals surface area contributed by atoms with Crippen LogP contribution in [-0.4, -0.2) is 79.3 Å². The number of halogens is 2. The molecule has 0 spiro atoms. The van der Waals surface area contributed by atoms with Gasteiger partial charge in [0.25, 0.3) is 0 Å². The first-order valence-corrected chi connectivity index (χ1v) is 24.4. The van der Waals surface area contributed by atoms with E-state index in [1.54, 1.807) is 0 Å². The summed E-state index contributed by atoms with van der Waals surface area (Å²) in [6, 6.07) is 18.0. The van der Waals surface area contributed by atoms with Crippen molar-refractivity contribution in [3.63, 3.8) is 0 Å². The van der Waals surface area contributed by atoms with Gasteiger partial charge in [-0.2, -0.15) is 0 Å². The van der Waals surface area contributed by atoms with Crippen molar-refractivity contribution >= 4 is 23.2 Å². The van der Waals surface area contributed by atoms with E-state index < -0.39 is 0 Å². The van der Waals surface area contributed by atoms with Crippen LogP contribution in [0.25, 0.3) is 0 Å². The highest BCUT2D eigenvalue weighted by molar-refractivity contribution is 6.17. The van der Waals surface area contributed by atoms with Crippen LogP contribution in [0.5, 0.6) is 23.0 Å². The molecule has 64 heavy (non-hydrogen) atoms. The van der Waals surface area contributed by atoms with Crippen LogP contribution in [0.3, 0.4) is 0 Å². The average molecular weight is 922 g/mol. The molecule has 0 atom stereocenters. The third-order valence-electron chi connectivity index (χ3n) is 11.4. The van der Waals surface area contributed by atoms with Crippen molar-refractivity contribution in [2.75, 3.05) is 79.3 Å². The molecule has 1 aliphatic rings. The van der Waals surface area contributed by atoms with E-state index in [0.29, 0.717) is 117 Å². The minimum Gasteiger partial charge on any atom is -0.491 e. The predicted octanol–water partition coefficient (Wildman–Crippen LogP) is 12.1. The lowest BCUT2D eigenvalue weighted by Crippen LogP contribution is -2.17. The highest BCUT2D eigenvalue weighted by Crippen LogP contribution is 2.43. The minimum atomic E-state index is -0.166. The van der Waals surface area contributed by atoms with Crippen LogP contribution in [0.4, 0.5) is 0 Å². The highest BCUT2D eigenvalue weighted by atomic mass is 35.5. The van der Waals surface area contributed by atoms with E-state index in [1.807, 2.05) is 27.7 Å². The molecule has 4 aromatic carbocycles. The number of ether oxygens (including phenoxy) is 8. The van der Waals surface area contributed by atoms with E-state index in [9.17, 15) is 0 Å². The predicted molar refractivity (Wildman–Crippen MR) is 261 cm³/mol.